The molecule has 1 aromatic heterocycles. The van der Waals surface area contributed by atoms with E-state index in [1.54, 1.807) is 6.20 Å². The molecule has 4 nitrogen and oxygen atoms in total. The number of benzene rings is 2. The summed E-state index contributed by atoms with van der Waals surface area (Å²) in [6.45, 7) is 1.80. The summed E-state index contributed by atoms with van der Waals surface area (Å²) in [6.07, 6.45) is 1.72. The third-order valence-corrected chi connectivity index (χ3v) is 6.74. The van der Waals surface area contributed by atoms with Crippen molar-refractivity contribution in [2.24, 2.45) is 5.92 Å². The van der Waals surface area contributed by atoms with Crippen molar-refractivity contribution in [2.75, 3.05) is 13.1 Å². The average molecular weight is 490 g/mol. The molecule has 4 rings (SSSR count). The third-order valence-electron chi connectivity index (χ3n) is 6.41. The molecule has 34 heavy (non-hydrogen) atoms. The number of nitrogens with one attached hydrogen (secondary N) is 2. The normalized spacial score (nSPS) is 18.7. The Morgan fingerprint density at radius 3 is 2.62 bits per heavy atom. The van der Waals surface area contributed by atoms with Crippen LogP contribution in [0.25, 0.3) is 10.9 Å². The maximum Gasteiger partial charge on any atom is 0.416 e. The number of aromatic nitrogens is 1. The van der Waals surface area contributed by atoms with Gasteiger partial charge in [0.1, 0.15) is 0 Å². The van der Waals surface area contributed by atoms with Crippen molar-refractivity contribution in [1.29, 1.82) is 0 Å². The van der Waals surface area contributed by atoms with Crippen LogP contribution >= 0.6 is 11.6 Å². The van der Waals surface area contributed by atoms with Gasteiger partial charge in [0.15, 0.2) is 0 Å². The minimum Gasteiger partial charge on any atom is -0.349 e. The zero-order valence-electron chi connectivity index (χ0n) is 18.7. The first-order chi connectivity index (χ1) is 16.3. The lowest BCUT2D eigenvalue weighted by molar-refractivity contribution is -0.137. The first-order valence-electron chi connectivity index (χ1n) is 11.5. The lowest BCUT2D eigenvalue weighted by Gasteiger charge is -2.29. The summed E-state index contributed by atoms with van der Waals surface area (Å²) >= 11 is 5.99. The van der Waals surface area contributed by atoms with Gasteiger partial charge in [0, 0.05) is 17.6 Å². The topological polar surface area (TPSA) is 54.0 Å². The van der Waals surface area contributed by atoms with Crippen LogP contribution in [0.4, 0.5) is 13.2 Å². The van der Waals surface area contributed by atoms with Crippen LogP contribution in [-0.4, -0.2) is 30.0 Å². The molecule has 0 unspecified atom stereocenters. The van der Waals surface area contributed by atoms with Crippen molar-refractivity contribution < 1.29 is 18.0 Å². The molecule has 180 valence electrons. The van der Waals surface area contributed by atoms with Gasteiger partial charge in [-0.25, -0.2) is 0 Å². The van der Waals surface area contributed by atoms with Crippen molar-refractivity contribution in [1.82, 2.24) is 15.6 Å². The summed E-state index contributed by atoms with van der Waals surface area (Å²) in [4.78, 5) is 16.9. The van der Waals surface area contributed by atoms with Crippen LogP contribution < -0.4 is 10.6 Å². The van der Waals surface area contributed by atoms with E-state index in [0.29, 0.717) is 5.92 Å². The molecule has 1 saturated carbocycles. The Labute approximate surface area is 201 Å². The number of pyridine rings is 1. The SMILES string of the molecule is O=C(NC1CCC(CNCCc2ccc3ncccc3c2)CC1)c1cc(C(F)(F)F)ccc1Cl. The van der Waals surface area contributed by atoms with Gasteiger partial charge in [-0.1, -0.05) is 23.7 Å². The van der Waals surface area contributed by atoms with E-state index >= 15 is 0 Å². The van der Waals surface area contributed by atoms with Crippen molar-refractivity contribution in [3.05, 3.63) is 76.4 Å². The molecule has 0 saturated heterocycles. The average Bonchev–Trinajstić information content (AvgIpc) is 2.82. The summed E-state index contributed by atoms with van der Waals surface area (Å²) in [6, 6.07) is 13.1. The highest BCUT2D eigenvalue weighted by Crippen LogP contribution is 2.32. The van der Waals surface area contributed by atoms with Crippen LogP contribution in [0.2, 0.25) is 5.02 Å². The zero-order valence-corrected chi connectivity index (χ0v) is 19.4. The van der Waals surface area contributed by atoms with Crippen LogP contribution in [0, 0.1) is 5.92 Å². The van der Waals surface area contributed by atoms with Gasteiger partial charge in [-0.15, -0.1) is 0 Å². The zero-order chi connectivity index (χ0) is 24.1. The monoisotopic (exact) mass is 489 g/mol. The van der Waals surface area contributed by atoms with E-state index in [2.05, 4.69) is 33.8 Å². The fourth-order valence-corrected chi connectivity index (χ4v) is 4.67. The van der Waals surface area contributed by atoms with Gasteiger partial charge in [-0.05, 0) is 93.1 Å². The summed E-state index contributed by atoms with van der Waals surface area (Å²) in [7, 11) is 0. The van der Waals surface area contributed by atoms with E-state index in [1.807, 2.05) is 12.1 Å². The molecule has 0 spiro atoms. The summed E-state index contributed by atoms with van der Waals surface area (Å²) in [5.41, 5.74) is 1.26. The lowest BCUT2D eigenvalue weighted by Crippen LogP contribution is -2.39. The number of fused-ring (bicyclic) bond motifs is 1. The maximum absolute atomic E-state index is 13.0. The second-order valence-electron chi connectivity index (χ2n) is 8.87. The highest BCUT2D eigenvalue weighted by atomic mass is 35.5. The van der Waals surface area contributed by atoms with Gasteiger partial charge in [0.2, 0.25) is 0 Å². The molecular formula is C26H27ClF3N3O. The number of carbonyl (C=O) groups is 1. The van der Waals surface area contributed by atoms with Gasteiger partial charge in [0.25, 0.3) is 5.91 Å². The van der Waals surface area contributed by atoms with E-state index in [9.17, 15) is 18.0 Å². The van der Waals surface area contributed by atoms with Gasteiger partial charge in [0.05, 0.1) is 21.7 Å². The van der Waals surface area contributed by atoms with Gasteiger partial charge in [-0.3, -0.25) is 9.78 Å². The summed E-state index contributed by atoms with van der Waals surface area (Å²) < 4.78 is 38.9. The number of carbonyl (C=O) groups excluding carboxylic acids is 1. The number of amides is 1. The molecule has 0 bridgehead atoms. The van der Waals surface area contributed by atoms with Crippen molar-refractivity contribution in [2.45, 2.75) is 44.3 Å². The van der Waals surface area contributed by atoms with Gasteiger partial charge >= 0.3 is 6.18 Å². The molecule has 8 heteroatoms. The van der Waals surface area contributed by atoms with Crippen molar-refractivity contribution in [3.63, 3.8) is 0 Å². The van der Waals surface area contributed by atoms with E-state index in [0.717, 1.165) is 74.3 Å². The smallest absolute Gasteiger partial charge is 0.349 e. The molecular weight excluding hydrogens is 463 g/mol. The predicted molar refractivity (Wildman–Crippen MR) is 128 cm³/mol. The molecule has 0 atom stereocenters. The van der Waals surface area contributed by atoms with Crippen molar-refractivity contribution >= 4 is 28.4 Å². The minimum atomic E-state index is -4.52. The highest BCUT2D eigenvalue weighted by Gasteiger charge is 2.32. The molecule has 1 aliphatic rings. The number of hydrogen-bond acceptors (Lipinski definition) is 3. The van der Waals surface area contributed by atoms with Crippen LogP contribution in [0.1, 0.15) is 47.2 Å². The van der Waals surface area contributed by atoms with Crippen LogP contribution in [0.3, 0.4) is 0 Å². The molecule has 1 aliphatic carbocycles. The molecule has 1 heterocycles. The number of hydrogen-bond donors (Lipinski definition) is 2. The molecule has 2 aromatic carbocycles. The second-order valence-corrected chi connectivity index (χ2v) is 9.28. The Bertz CT molecular complexity index is 1140. The summed E-state index contributed by atoms with van der Waals surface area (Å²) in [5.74, 6) is -0.0330. The van der Waals surface area contributed by atoms with Crippen LogP contribution in [0.5, 0.6) is 0 Å². The number of alkyl halides is 3. The van der Waals surface area contributed by atoms with Crippen molar-refractivity contribution in [3.8, 4) is 0 Å². The Morgan fingerprint density at radius 1 is 1.06 bits per heavy atom. The molecule has 2 N–H and O–H groups in total. The predicted octanol–water partition coefficient (Wildman–Crippen LogP) is 6.03. The fraction of sp³-hybridized carbons (Fsp3) is 0.385. The summed E-state index contributed by atoms with van der Waals surface area (Å²) in [5, 5.41) is 7.56. The Hall–Kier alpha value is -2.64. The Balaban J connectivity index is 1.19. The second kappa shape index (κ2) is 10.7. The minimum absolute atomic E-state index is 0.0195. The molecule has 0 radical (unpaired) electrons. The van der Waals surface area contributed by atoms with Crippen LogP contribution in [-0.2, 0) is 12.6 Å². The fourth-order valence-electron chi connectivity index (χ4n) is 4.47. The third kappa shape index (κ3) is 6.27. The standard InChI is InChI=1S/C26H27ClF3N3O/c27-23-9-6-20(26(28,29)30)15-22(23)25(34)33-21-7-3-18(4-8-21)16-31-13-11-17-5-10-24-19(14-17)2-1-12-32-24/h1-2,5-6,9-10,12,14-15,18,21,31H,3-4,7-8,11,13,16H2,(H,33,34). The first-order valence-corrected chi connectivity index (χ1v) is 11.9. The quantitative estimate of drug-likeness (QED) is 0.398. The van der Waals surface area contributed by atoms with Gasteiger partial charge < -0.3 is 10.6 Å². The van der Waals surface area contributed by atoms with E-state index < -0.39 is 17.6 Å². The molecule has 3 aromatic rings. The number of halogens is 4. The van der Waals surface area contributed by atoms with E-state index in [4.69, 9.17) is 11.6 Å². The molecule has 0 aliphatic heterocycles. The lowest BCUT2D eigenvalue weighted by atomic mass is 9.86. The Kier molecular flexibility index (Phi) is 7.73. The Morgan fingerprint density at radius 2 is 1.85 bits per heavy atom. The first kappa shape index (κ1) is 24.5. The number of nitrogens with zero attached hydrogens (tertiary/aromatic N) is 1. The van der Waals surface area contributed by atoms with Crippen LogP contribution in [0.15, 0.2) is 54.7 Å². The molecule has 1 amide bonds. The highest BCUT2D eigenvalue weighted by molar-refractivity contribution is 6.33. The van der Waals surface area contributed by atoms with E-state index in [1.165, 1.54) is 5.56 Å². The maximum atomic E-state index is 13.0. The number of rotatable bonds is 7. The largest absolute Gasteiger partial charge is 0.416 e. The molecule has 1 fully saturated rings. The van der Waals surface area contributed by atoms with E-state index in [-0.39, 0.29) is 16.6 Å². The van der Waals surface area contributed by atoms with Gasteiger partial charge in [-0.2, -0.15) is 13.2 Å².